The van der Waals surface area contributed by atoms with Crippen LogP contribution in [0.2, 0.25) is 0 Å². The molecule has 2 fully saturated rings. The van der Waals surface area contributed by atoms with Crippen molar-refractivity contribution in [1.29, 1.82) is 0 Å². The molecule has 1 aromatic heterocycles. The molecule has 0 unspecified atom stereocenters. The fourth-order valence-electron chi connectivity index (χ4n) is 5.17. The first kappa shape index (κ1) is 22.1. The number of nitrogens with zero attached hydrogens (tertiary/aromatic N) is 1. The van der Waals surface area contributed by atoms with Crippen LogP contribution in [0.3, 0.4) is 0 Å². The minimum atomic E-state index is -0.939. The first-order valence-corrected chi connectivity index (χ1v) is 12.6. The summed E-state index contributed by atoms with van der Waals surface area (Å²) in [7, 11) is 0. The van der Waals surface area contributed by atoms with Gasteiger partial charge in [-0.2, -0.15) is 0 Å². The standard InChI is InChI=1S/C26H33NO3S/c1-18-13-15-20(16-14-18)25(28)27(21-11-7-2-3-8-12-21)22-17-23(31-24(22)26(29)30)19-9-5-4-6-10-19/h4-6,9-10,17-18,20-21H,2-3,7-8,11-16H2,1H3,(H,29,30). The number of amides is 1. The summed E-state index contributed by atoms with van der Waals surface area (Å²) in [5.41, 5.74) is 1.62. The van der Waals surface area contributed by atoms with Gasteiger partial charge >= 0.3 is 5.97 Å². The van der Waals surface area contributed by atoms with Gasteiger partial charge in [-0.1, -0.05) is 62.9 Å². The van der Waals surface area contributed by atoms with Crippen LogP contribution in [0, 0.1) is 11.8 Å². The molecule has 4 nitrogen and oxygen atoms in total. The van der Waals surface area contributed by atoms with Gasteiger partial charge in [-0.25, -0.2) is 4.79 Å². The van der Waals surface area contributed by atoms with Crippen LogP contribution in [-0.2, 0) is 4.79 Å². The summed E-state index contributed by atoms with van der Waals surface area (Å²) >= 11 is 1.29. The van der Waals surface area contributed by atoms with Gasteiger partial charge in [0, 0.05) is 16.8 Å². The molecule has 1 heterocycles. The van der Waals surface area contributed by atoms with Crippen LogP contribution < -0.4 is 4.90 Å². The van der Waals surface area contributed by atoms with Gasteiger partial charge in [-0.15, -0.1) is 11.3 Å². The summed E-state index contributed by atoms with van der Waals surface area (Å²) < 4.78 is 0. The number of carboxylic acid groups (broad SMARTS) is 1. The van der Waals surface area contributed by atoms with E-state index in [4.69, 9.17) is 0 Å². The zero-order valence-corrected chi connectivity index (χ0v) is 19.2. The normalized spacial score (nSPS) is 22.6. The maximum Gasteiger partial charge on any atom is 0.348 e. The van der Waals surface area contributed by atoms with Crippen molar-refractivity contribution in [3.8, 4) is 10.4 Å². The zero-order valence-electron chi connectivity index (χ0n) is 18.4. The maximum absolute atomic E-state index is 13.9. The van der Waals surface area contributed by atoms with E-state index >= 15 is 0 Å². The molecule has 2 aliphatic carbocycles. The predicted octanol–water partition coefficient (Wildman–Crippen LogP) is 7.00. The second-order valence-electron chi connectivity index (χ2n) is 9.31. The number of aromatic carboxylic acids is 1. The Morgan fingerprint density at radius 3 is 2.19 bits per heavy atom. The van der Waals surface area contributed by atoms with E-state index in [1.807, 2.05) is 41.3 Å². The van der Waals surface area contributed by atoms with Crippen LogP contribution in [-0.4, -0.2) is 23.0 Å². The van der Waals surface area contributed by atoms with Crippen LogP contribution in [0.1, 0.15) is 80.8 Å². The van der Waals surface area contributed by atoms with Crippen LogP contribution in [0.4, 0.5) is 5.69 Å². The summed E-state index contributed by atoms with van der Waals surface area (Å²) in [5.74, 6) is -0.0958. The lowest BCUT2D eigenvalue weighted by molar-refractivity contribution is -0.124. The third-order valence-electron chi connectivity index (χ3n) is 7.02. The third kappa shape index (κ3) is 5.03. The van der Waals surface area contributed by atoms with Crippen molar-refractivity contribution in [1.82, 2.24) is 0 Å². The Morgan fingerprint density at radius 2 is 1.58 bits per heavy atom. The predicted molar refractivity (Wildman–Crippen MR) is 127 cm³/mol. The number of hydrogen-bond donors (Lipinski definition) is 1. The molecular formula is C26H33NO3S. The molecule has 0 atom stereocenters. The SMILES string of the molecule is CC1CCC(C(=O)N(c2cc(-c3ccccc3)sc2C(=O)O)C2CCCCCC2)CC1. The van der Waals surface area contributed by atoms with E-state index < -0.39 is 5.97 Å². The van der Waals surface area contributed by atoms with E-state index in [1.165, 1.54) is 24.2 Å². The number of thiophene rings is 1. The van der Waals surface area contributed by atoms with E-state index in [1.54, 1.807) is 0 Å². The molecule has 2 aromatic rings. The number of anilines is 1. The smallest absolute Gasteiger partial charge is 0.348 e. The molecule has 4 rings (SSSR count). The summed E-state index contributed by atoms with van der Waals surface area (Å²) in [6.45, 7) is 2.26. The van der Waals surface area contributed by atoms with E-state index in [9.17, 15) is 14.7 Å². The summed E-state index contributed by atoms with van der Waals surface area (Å²) in [4.78, 5) is 29.2. The monoisotopic (exact) mass is 439 g/mol. The second-order valence-corrected chi connectivity index (χ2v) is 10.4. The van der Waals surface area contributed by atoms with E-state index in [0.29, 0.717) is 16.5 Å². The van der Waals surface area contributed by atoms with Crippen molar-refractivity contribution in [2.24, 2.45) is 11.8 Å². The zero-order chi connectivity index (χ0) is 21.8. The van der Waals surface area contributed by atoms with Gasteiger partial charge in [0.25, 0.3) is 0 Å². The fraction of sp³-hybridized carbons (Fsp3) is 0.538. The molecule has 0 radical (unpaired) electrons. The molecule has 2 aliphatic rings. The Balaban J connectivity index is 1.74. The van der Waals surface area contributed by atoms with Crippen molar-refractivity contribution in [2.45, 2.75) is 77.2 Å². The van der Waals surface area contributed by atoms with Crippen molar-refractivity contribution in [3.05, 3.63) is 41.3 Å². The van der Waals surface area contributed by atoms with Gasteiger partial charge in [0.2, 0.25) is 5.91 Å². The van der Waals surface area contributed by atoms with Crippen molar-refractivity contribution >= 4 is 28.9 Å². The highest BCUT2D eigenvalue weighted by Crippen LogP contribution is 2.41. The molecule has 1 amide bonds. The van der Waals surface area contributed by atoms with Crippen LogP contribution >= 0.6 is 11.3 Å². The van der Waals surface area contributed by atoms with Crippen molar-refractivity contribution < 1.29 is 14.7 Å². The first-order valence-electron chi connectivity index (χ1n) is 11.8. The highest BCUT2D eigenvalue weighted by Gasteiger charge is 2.36. The minimum Gasteiger partial charge on any atom is -0.477 e. The Kier molecular flexibility index (Phi) is 7.11. The highest BCUT2D eigenvalue weighted by molar-refractivity contribution is 7.18. The number of carbonyl (C=O) groups excluding carboxylic acids is 1. The van der Waals surface area contributed by atoms with E-state index in [2.05, 4.69) is 6.92 Å². The average molecular weight is 440 g/mol. The largest absolute Gasteiger partial charge is 0.477 e. The number of carbonyl (C=O) groups is 2. The summed E-state index contributed by atoms with van der Waals surface area (Å²) in [5, 5.41) is 10.0. The molecule has 0 bridgehead atoms. The molecule has 2 saturated carbocycles. The van der Waals surface area contributed by atoms with Crippen molar-refractivity contribution in [3.63, 3.8) is 0 Å². The summed E-state index contributed by atoms with van der Waals surface area (Å²) in [6, 6.07) is 12.0. The number of carboxylic acids is 1. The summed E-state index contributed by atoms with van der Waals surface area (Å²) in [6.07, 6.45) is 10.5. The lowest BCUT2D eigenvalue weighted by atomic mass is 9.82. The molecule has 1 aromatic carbocycles. The van der Waals surface area contributed by atoms with Gasteiger partial charge < -0.3 is 10.0 Å². The van der Waals surface area contributed by atoms with Gasteiger partial charge in [0.1, 0.15) is 4.88 Å². The first-order chi connectivity index (χ1) is 15.0. The second kappa shape index (κ2) is 9.99. The number of benzene rings is 1. The van der Waals surface area contributed by atoms with Crippen LogP contribution in [0.5, 0.6) is 0 Å². The Hall–Kier alpha value is -2.14. The molecule has 31 heavy (non-hydrogen) atoms. The molecule has 0 spiro atoms. The van der Waals surface area contributed by atoms with Gasteiger partial charge in [-0.05, 0) is 56.1 Å². The topological polar surface area (TPSA) is 57.6 Å². The quantitative estimate of drug-likeness (QED) is 0.511. The van der Waals surface area contributed by atoms with Gasteiger partial charge in [-0.3, -0.25) is 4.79 Å². The third-order valence-corrected chi connectivity index (χ3v) is 8.18. The molecule has 5 heteroatoms. The van der Waals surface area contributed by atoms with E-state index in [-0.39, 0.29) is 17.9 Å². The van der Waals surface area contributed by atoms with Crippen molar-refractivity contribution in [2.75, 3.05) is 4.90 Å². The fourth-order valence-corrected chi connectivity index (χ4v) is 6.17. The number of rotatable bonds is 5. The molecular weight excluding hydrogens is 406 g/mol. The molecule has 166 valence electrons. The van der Waals surface area contributed by atoms with Crippen LogP contribution in [0.25, 0.3) is 10.4 Å². The molecule has 0 aliphatic heterocycles. The van der Waals surface area contributed by atoms with E-state index in [0.717, 1.165) is 61.8 Å². The maximum atomic E-state index is 13.9. The van der Waals surface area contributed by atoms with Gasteiger partial charge in [0.05, 0.1) is 5.69 Å². The molecule has 0 saturated heterocycles. The Labute approximate surface area is 189 Å². The lowest BCUT2D eigenvalue weighted by Gasteiger charge is -2.36. The Bertz CT molecular complexity index is 891. The van der Waals surface area contributed by atoms with Crippen LogP contribution in [0.15, 0.2) is 36.4 Å². The number of hydrogen-bond acceptors (Lipinski definition) is 3. The average Bonchev–Trinajstić information content (AvgIpc) is 3.04. The highest BCUT2D eigenvalue weighted by atomic mass is 32.1. The lowest BCUT2D eigenvalue weighted by Crippen LogP contribution is -2.45. The van der Waals surface area contributed by atoms with Gasteiger partial charge in [0.15, 0.2) is 0 Å². The minimum absolute atomic E-state index is 0.0150. The molecule has 1 N–H and O–H groups in total. The Morgan fingerprint density at radius 1 is 0.935 bits per heavy atom.